The Morgan fingerprint density at radius 3 is 1.62 bits per heavy atom. The van der Waals surface area contributed by atoms with Crippen LogP contribution >= 0.6 is 0 Å². The minimum atomic E-state index is 0.500. The zero-order valence-electron chi connectivity index (χ0n) is 22.7. The molecule has 0 aromatic heterocycles. The summed E-state index contributed by atoms with van der Waals surface area (Å²) in [6.07, 6.45) is 16.7. The first kappa shape index (κ1) is 35.5. The average molecular weight is 411 g/mol. The Kier molecular flexibility index (Phi) is 28.6. The van der Waals surface area contributed by atoms with Gasteiger partial charge >= 0.3 is 0 Å². The van der Waals surface area contributed by atoms with Crippen molar-refractivity contribution in [1.29, 1.82) is 0 Å². The number of rotatable bonds is 10. The number of hydrogen-bond donors (Lipinski definition) is 1. The maximum Gasteiger partial charge on any atom is 0.0115 e. The molecule has 3 unspecified atom stereocenters. The second kappa shape index (κ2) is 23.3. The Bertz CT molecular complexity index is 354. The predicted molar refractivity (Wildman–Crippen MR) is 138 cm³/mol. The van der Waals surface area contributed by atoms with E-state index in [0.717, 1.165) is 18.9 Å². The summed E-state index contributed by atoms with van der Waals surface area (Å²) in [5.74, 6) is 1.60. The molecule has 0 saturated carbocycles. The Hall–Kier alpha value is -0.940. The molecule has 176 valence electrons. The monoisotopic (exact) mass is 410 g/mol. The molecule has 0 aromatic carbocycles. The van der Waals surface area contributed by atoms with Gasteiger partial charge in [0.25, 0.3) is 0 Å². The van der Waals surface area contributed by atoms with Gasteiger partial charge in [-0.2, -0.15) is 0 Å². The highest BCUT2D eigenvalue weighted by Gasteiger charge is 2.06. The van der Waals surface area contributed by atoms with Crippen LogP contribution in [0.4, 0.5) is 0 Å². The van der Waals surface area contributed by atoms with Crippen molar-refractivity contribution < 1.29 is 0 Å². The van der Waals surface area contributed by atoms with E-state index in [1.165, 1.54) is 31.4 Å². The lowest BCUT2D eigenvalue weighted by molar-refractivity contribution is 0.422. The zero-order valence-corrected chi connectivity index (χ0v) is 22.7. The summed E-state index contributed by atoms with van der Waals surface area (Å²) < 4.78 is 0. The summed E-state index contributed by atoms with van der Waals surface area (Å²) >= 11 is 0. The molecule has 0 amide bonds. The summed E-state index contributed by atoms with van der Waals surface area (Å²) in [6.45, 7) is 25.6. The normalized spacial score (nSPS) is 14.0. The molecule has 3 atom stereocenters. The first-order valence-electron chi connectivity index (χ1n) is 11.8. The summed E-state index contributed by atoms with van der Waals surface area (Å²) in [6, 6.07) is 0.703. The zero-order chi connectivity index (χ0) is 24.0. The summed E-state index contributed by atoms with van der Waals surface area (Å²) in [5.41, 5.74) is 1.97. The number of nitrogens with one attached hydrogen (secondary N) is 1. The maximum atomic E-state index is 4.00. The van der Waals surface area contributed by atoms with Crippen LogP contribution in [0.25, 0.3) is 0 Å². The van der Waals surface area contributed by atoms with Crippen LogP contribution in [-0.4, -0.2) is 31.6 Å². The van der Waals surface area contributed by atoms with E-state index in [1.54, 1.807) is 0 Å². The molecule has 29 heavy (non-hydrogen) atoms. The highest BCUT2D eigenvalue weighted by atomic mass is 15.1. The molecule has 2 nitrogen and oxygen atoms in total. The third-order valence-electron chi connectivity index (χ3n) is 4.39. The van der Waals surface area contributed by atoms with Gasteiger partial charge in [-0.25, -0.2) is 0 Å². The minimum absolute atomic E-state index is 0.500. The van der Waals surface area contributed by atoms with Crippen LogP contribution in [0, 0.1) is 30.1 Å². The summed E-state index contributed by atoms with van der Waals surface area (Å²) in [7, 11) is 4.24. The number of terminal acetylenes is 1. The highest BCUT2D eigenvalue weighted by molar-refractivity contribution is 5.02. The standard InChI is InChI=1S/C10H21N.C10H23N.C5H12.C2H2/c1-6-8-10(11(4)5)9(3)7-2;1-5-9(3)7-8-10(4)11-6-2;1-5(2,3)4;1-2/h8-9H,6-7H2,1-5H3;9-11H,5-8H2,1-4H3;1-4H3;1-2H/b10-8+;;;. The lowest BCUT2D eigenvalue weighted by Gasteiger charge is -2.22. The Morgan fingerprint density at radius 2 is 1.34 bits per heavy atom. The second-order valence-corrected chi connectivity index (χ2v) is 9.79. The van der Waals surface area contributed by atoms with Crippen molar-refractivity contribution in [1.82, 2.24) is 10.2 Å². The van der Waals surface area contributed by atoms with E-state index in [0.29, 0.717) is 17.4 Å². The van der Waals surface area contributed by atoms with E-state index in [1.807, 2.05) is 0 Å². The van der Waals surface area contributed by atoms with Gasteiger partial charge in [0.05, 0.1) is 0 Å². The lowest BCUT2D eigenvalue weighted by Crippen LogP contribution is -2.25. The minimum Gasteiger partial charge on any atom is -0.381 e. The Morgan fingerprint density at radius 1 is 0.897 bits per heavy atom. The van der Waals surface area contributed by atoms with Crippen LogP contribution in [0.1, 0.15) is 108 Å². The molecule has 0 aliphatic rings. The van der Waals surface area contributed by atoms with Gasteiger partial charge in [-0.1, -0.05) is 81.7 Å². The van der Waals surface area contributed by atoms with Gasteiger partial charge in [0.2, 0.25) is 0 Å². The molecule has 0 heterocycles. The predicted octanol–water partition coefficient (Wildman–Crippen LogP) is 8.00. The molecule has 1 N–H and O–H groups in total. The van der Waals surface area contributed by atoms with E-state index >= 15 is 0 Å². The summed E-state index contributed by atoms with van der Waals surface area (Å²) in [5, 5.41) is 3.42. The number of hydrogen-bond acceptors (Lipinski definition) is 2. The van der Waals surface area contributed by atoms with E-state index in [4.69, 9.17) is 0 Å². The molecule has 0 spiro atoms. The molecule has 0 bridgehead atoms. The molecule has 2 heteroatoms. The average Bonchev–Trinajstić information content (AvgIpc) is 2.64. The van der Waals surface area contributed by atoms with Crippen LogP contribution in [0.3, 0.4) is 0 Å². The fourth-order valence-electron chi connectivity index (χ4n) is 2.43. The van der Waals surface area contributed by atoms with Crippen molar-refractivity contribution in [3.63, 3.8) is 0 Å². The quantitative estimate of drug-likeness (QED) is 0.367. The second-order valence-electron chi connectivity index (χ2n) is 9.79. The first-order chi connectivity index (χ1) is 13.3. The Labute approximate surface area is 187 Å². The number of nitrogens with zero attached hydrogens (tertiary/aromatic N) is 1. The van der Waals surface area contributed by atoms with Crippen LogP contribution in [0.5, 0.6) is 0 Å². The van der Waals surface area contributed by atoms with Gasteiger partial charge in [0, 0.05) is 25.8 Å². The third kappa shape index (κ3) is 34.9. The van der Waals surface area contributed by atoms with Crippen molar-refractivity contribution in [2.75, 3.05) is 20.6 Å². The Balaban J connectivity index is -0.000000164. The smallest absolute Gasteiger partial charge is 0.0115 e. The molecular weight excluding hydrogens is 352 g/mol. The van der Waals surface area contributed by atoms with Crippen molar-refractivity contribution in [2.24, 2.45) is 17.3 Å². The van der Waals surface area contributed by atoms with Crippen LogP contribution < -0.4 is 5.32 Å². The van der Waals surface area contributed by atoms with Gasteiger partial charge in [-0.05, 0) is 56.4 Å². The van der Waals surface area contributed by atoms with Crippen molar-refractivity contribution in [3.05, 3.63) is 11.8 Å². The van der Waals surface area contributed by atoms with Gasteiger partial charge in [0.1, 0.15) is 0 Å². The summed E-state index contributed by atoms with van der Waals surface area (Å²) in [4.78, 5) is 2.22. The molecule has 0 aromatic rings. The molecule has 0 aliphatic heterocycles. The molecule has 0 rings (SSSR count). The molecule has 0 fully saturated rings. The molecular formula is C27H58N2. The van der Waals surface area contributed by atoms with E-state index in [-0.39, 0.29) is 0 Å². The number of allylic oxidation sites excluding steroid dienone is 2. The fraction of sp³-hybridized carbons (Fsp3) is 0.852. The largest absolute Gasteiger partial charge is 0.381 e. The lowest BCUT2D eigenvalue weighted by atomic mass is 10.0. The van der Waals surface area contributed by atoms with Crippen LogP contribution in [0.15, 0.2) is 11.8 Å². The fourth-order valence-corrected chi connectivity index (χ4v) is 2.43. The van der Waals surface area contributed by atoms with Crippen molar-refractivity contribution in [3.8, 4) is 12.8 Å². The van der Waals surface area contributed by atoms with Gasteiger partial charge < -0.3 is 10.2 Å². The van der Waals surface area contributed by atoms with E-state index < -0.39 is 0 Å². The molecule has 0 aliphatic carbocycles. The van der Waals surface area contributed by atoms with E-state index in [2.05, 4.69) is 119 Å². The maximum absolute atomic E-state index is 4.00. The topological polar surface area (TPSA) is 15.3 Å². The third-order valence-corrected chi connectivity index (χ3v) is 4.39. The molecule has 0 radical (unpaired) electrons. The van der Waals surface area contributed by atoms with E-state index in [9.17, 15) is 0 Å². The molecule has 0 saturated heterocycles. The van der Waals surface area contributed by atoms with Crippen LogP contribution in [0.2, 0.25) is 0 Å². The van der Waals surface area contributed by atoms with Gasteiger partial charge in [0.15, 0.2) is 0 Å². The highest BCUT2D eigenvalue weighted by Crippen LogP contribution is 2.16. The van der Waals surface area contributed by atoms with Crippen LogP contribution in [-0.2, 0) is 0 Å². The SMILES string of the molecule is C#C.CC(C)(C)C.CC/C=C(\C(C)CC)N(C)C.CCNC(C)CCC(C)CC. The first-order valence-corrected chi connectivity index (χ1v) is 11.8. The van der Waals surface area contributed by atoms with Crippen molar-refractivity contribution >= 4 is 0 Å². The van der Waals surface area contributed by atoms with Gasteiger partial charge in [-0.3, -0.25) is 0 Å². The van der Waals surface area contributed by atoms with Crippen molar-refractivity contribution in [2.45, 2.75) is 114 Å². The van der Waals surface area contributed by atoms with Gasteiger partial charge in [-0.15, -0.1) is 12.8 Å².